The Hall–Kier alpha value is -3.48. The summed E-state index contributed by atoms with van der Waals surface area (Å²) in [5.74, 6) is -4.54. The molecule has 0 unspecified atom stereocenters. The lowest BCUT2D eigenvalue weighted by Crippen LogP contribution is -2.63. The molecule has 0 aromatic rings. The van der Waals surface area contributed by atoms with Crippen molar-refractivity contribution in [3.8, 4) is 0 Å². The Bertz CT molecular complexity index is 897. The summed E-state index contributed by atoms with van der Waals surface area (Å²) in [6.45, 7) is 6.57. The van der Waals surface area contributed by atoms with Gasteiger partial charge in [0.05, 0.1) is 7.11 Å². The lowest BCUT2D eigenvalue weighted by molar-refractivity contribution is -0.300. The minimum absolute atomic E-state index is 0.00885. The summed E-state index contributed by atoms with van der Waals surface area (Å²) in [6.07, 6.45) is -3.90. The van der Waals surface area contributed by atoms with Gasteiger partial charge in [-0.15, -0.1) is 0 Å². The van der Waals surface area contributed by atoms with Crippen LogP contribution >= 0.6 is 0 Å². The molecule has 1 saturated heterocycles. The van der Waals surface area contributed by atoms with E-state index in [4.69, 9.17) is 28.4 Å². The number of rotatable bonds is 16. The van der Waals surface area contributed by atoms with Gasteiger partial charge in [0.15, 0.2) is 12.2 Å². The van der Waals surface area contributed by atoms with Crippen molar-refractivity contribution in [2.24, 2.45) is 0 Å². The lowest BCUT2D eigenvalue weighted by Gasteiger charge is -2.43. The second kappa shape index (κ2) is 18.7. The summed E-state index contributed by atoms with van der Waals surface area (Å²) in [7, 11) is 1.12. The molecule has 1 rings (SSSR count). The number of hydrogen-bond donors (Lipinski definition) is 0. The molecule has 0 spiro atoms. The van der Waals surface area contributed by atoms with Gasteiger partial charge in [-0.25, -0.2) is 9.59 Å². The van der Waals surface area contributed by atoms with Gasteiger partial charge in [0.25, 0.3) is 0 Å². The van der Waals surface area contributed by atoms with E-state index in [0.717, 1.165) is 19.3 Å². The Morgan fingerprint density at radius 3 is 1.55 bits per heavy atom. The number of carbonyl (C=O) groups excluding carboxylic acids is 6. The molecule has 0 radical (unpaired) electrons. The first kappa shape index (κ1) is 34.5. The third-order valence-corrected chi connectivity index (χ3v) is 5.41. The molecule has 0 N–H and O–H groups in total. The molecule has 0 amide bonds. The highest BCUT2D eigenvalue weighted by Crippen LogP contribution is 2.31. The van der Waals surface area contributed by atoms with Gasteiger partial charge < -0.3 is 33.2 Å². The summed E-state index contributed by atoms with van der Waals surface area (Å²) in [4.78, 5) is 73.7. The van der Waals surface area contributed by atoms with Gasteiger partial charge in [0.1, 0.15) is 12.7 Å². The van der Waals surface area contributed by atoms with E-state index in [0.29, 0.717) is 25.7 Å². The molecule has 5 atom stereocenters. The monoisotopic (exact) mass is 572 g/mol. The Morgan fingerprint density at radius 2 is 1.05 bits per heavy atom. The highest BCUT2D eigenvalue weighted by Gasteiger charge is 2.54. The molecular formula is C27H40O13. The third kappa shape index (κ3) is 12.1. The first-order valence-corrected chi connectivity index (χ1v) is 13.5. The number of esters is 6. The fourth-order valence-electron chi connectivity index (χ4n) is 3.56. The number of carbonyl (C=O) groups is 6. The number of methoxy groups -OCH3 is 1. The van der Waals surface area contributed by atoms with Crippen molar-refractivity contribution in [1.29, 1.82) is 0 Å². The van der Waals surface area contributed by atoms with Crippen LogP contribution in [0.2, 0.25) is 0 Å². The van der Waals surface area contributed by atoms with E-state index in [-0.39, 0.29) is 25.7 Å². The van der Waals surface area contributed by atoms with Crippen LogP contribution in [0.4, 0.5) is 0 Å². The van der Waals surface area contributed by atoms with Gasteiger partial charge in [0.2, 0.25) is 12.4 Å². The van der Waals surface area contributed by atoms with Crippen molar-refractivity contribution in [2.75, 3.05) is 13.7 Å². The zero-order valence-corrected chi connectivity index (χ0v) is 23.7. The number of ether oxygens (including phenoxy) is 7. The molecule has 1 aliphatic rings. The van der Waals surface area contributed by atoms with Crippen LogP contribution in [-0.2, 0) is 61.9 Å². The van der Waals surface area contributed by atoms with Crippen LogP contribution < -0.4 is 0 Å². The Balaban J connectivity index is 3.52. The van der Waals surface area contributed by atoms with E-state index in [1.807, 2.05) is 0 Å². The fourth-order valence-corrected chi connectivity index (χ4v) is 3.56. The predicted octanol–water partition coefficient (Wildman–Crippen LogP) is 2.46. The largest absolute Gasteiger partial charge is 0.466 e. The van der Waals surface area contributed by atoms with E-state index in [1.54, 1.807) is 27.7 Å². The summed E-state index contributed by atoms with van der Waals surface area (Å²) in [6, 6.07) is 0. The molecule has 0 bridgehead atoms. The summed E-state index contributed by atoms with van der Waals surface area (Å²) >= 11 is 0. The van der Waals surface area contributed by atoms with Crippen molar-refractivity contribution >= 4 is 35.8 Å². The lowest BCUT2D eigenvalue weighted by atomic mass is 9.97. The zero-order valence-electron chi connectivity index (χ0n) is 23.7. The van der Waals surface area contributed by atoms with Crippen molar-refractivity contribution < 1.29 is 61.9 Å². The smallest absolute Gasteiger partial charge is 0.333 e. The van der Waals surface area contributed by atoms with Gasteiger partial charge in [-0.3, -0.25) is 19.2 Å². The maximum Gasteiger partial charge on any atom is 0.333 e. The molecule has 0 saturated carbocycles. The molecule has 1 heterocycles. The topological polar surface area (TPSA) is 167 Å². The Morgan fingerprint density at radius 1 is 0.600 bits per heavy atom. The summed E-state index contributed by atoms with van der Waals surface area (Å²) in [5.41, 5.74) is 0. The van der Waals surface area contributed by atoms with E-state index >= 15 is 0 Å². The van der Waals surface area contributed by atoms with Crippen LogP contribution in [0, 0.1) is 0 Å². The minimum Gasteiger partial charge on any atom is -0.466 e. The van der Waals surface area contributed by atoms with Gasteiger partial charge in [0, 0.05) is 37.8 Å². The molecule has 40 heavy (non-hydrogen) atoms. The molecule has 0 aliphatic carbocycles. The first-order valence-electron chi connectivity index (χ1n) is 13.5. The average molecular weight is 573 g/mol. The Kier molecular flexibility index (Phi) is 16.2. The SMILES string of the molecule is CCCC(=O)OC[C@H]1O[C@H](OC(=O)/C=C/C(=O)OC)[C@H](OC(=O)CCC)[C@@H](OC(=O)CCC)[C@@H]1OC(=O)CCC. The Labute approximate surface area is 233 Å². The molecule has 0 aromatic carbocycles. The van der Waals surface area contributed by atoms with Crippen molar-refractivity contribution in [2.45, 2.75) is 110 Å². The van der Waals surface area contributed by atoms with Crippen LogP contribution in [0.15, 0.2) is 12.2 Å². The third-order valence-electron chi connectivity index (χ3n) is 5.41. The van der Waals surface area contributed by atoms with Gasteiger partial charge in [-0.2, -0.15) is 0 Å². The maximum atomic E-state index is 12.6. The van der Waals surface area contributed by atoms with Crippen LogP contribution in [0.5, 0.6) is 0 Å². The second-order valence-electron chi connectivity index (χ2n) is 8.88. The van der Waals surface area contributed by atoms with E-state index < -0.39 is 73.1 Å². The van der Waals surface area contributed by atoms with Crippen LogP contribution in [0.25, 0.3) is 0 Å². The van der Waals surface area contributed by atoms with E-state index in [9.17, 15) is 28.8 Å². The normalized spacial score (nSPS) is 22.2. The van der Waals surface area contributed by atoms with Crippen molar-refractivity contribution in [3.05, 3.63) is 12.2 Å². The quantitative estimate of drug-likeness (QED) is 0.150. The van der Waals surface area contributed by atoms with Crippen molar-refractivity contribution in [1.82, 2.24) is 0 Å². The van der Waals surface area contributed by atoms with Crippen molar-refractivity contribution in [3.63, 3.8) is 0 Å². The van der Waals surface area contributed by atoms with Crippen LogP contribution in [0.3, 0.4) is 0 Å². The molecule has 13 nitrogen and oxygen atoms in total. The van der Waals surface area contributed by atoms with Gasteiger partial charge in [-0.05, 0) is 25.7 Å². The minimum atomic E-state index is -1.69. The maximum absolute atomic E-state index is 12.6. The molecular weight excluding hydrogens is 532 g/mol. The molecule has 226 valence electrons. The fraction of sp³-hybridized carbons (Fsp3) is 0.704. The predicted molar refractivity (Wildman–Crippen MR) is 136 cm³/mol. The van der Waals surface area contributed by atoms with E-state index in [1.165, 1.54) is 0 Å². The first-order chi connectivity index (χ1) is 19.1. The highest BCUT2D eigenvalue weighted by molar-refractivity contribution is 5.91. The second-order valence-corrected chi connectivity index (χ2v) is 8.88. The summed E-state index contributed by atoms with van der Waals surface area (Å²) in [5, 5.41) is 0. The molecule has 1 fully saturated rings. The van der Waals surface area contributed by atoms with Gasteiger partial charge >= 0.3 is 35.8 Å². The van der Waals surface area contributed by atoms with E-state index in [2.05, 4.69) is 4.74 Å². The van der Waals surface area contributed by atoms with Gasteiger partial charge in [-0.1, -0.05) is 27.7 Å². The molecule has 13 heteroatoms. The van der Waals surface area contributed by atoms with Crippen LogP contribution in [-0.4, -0.2) is 80.2 Å². The standard InChI is InChI=1S/C27H40O13/c1-6-10-19(29)35-16-17-24(37-20(30)11-7-2)25(38-21(31)12-8-3)26(39-22(32)13-9-4)27(36-17)40-23(33)15-14-18(28)34-5/h14-15,17,24-27H,6-13,16H2,1-5H3/b15-14+/t17-,24-,25+,26-,27-/m1/s1. The summed E-state index contributed by atoms with van der Waals surface area (Å²) < 4.78 is 37.7. The average Bonchev–Trinajstić information content (AvgIpc) is 2.90. The zero-order chi connectivity index (χ0) is 30.1. The molecule has 1 aliphatic heterocycles. The highest BCUT2D eigenvalue weighted by atomic mass is 16.7. The van der Waals surface area contributed by atoms with Crippen LogP contribution in [0.1, 0.15) is 79.1 Å². The molecule has 0 aromatic heterocycles. The number of hydrogen-bond acceptors (Lipinski definition) is 13.